The molecule has 2 aliphatic carbocycles. The van der Waals surface area contributed by atoms with Gasteiger partial charge in [0, 0.05) is 22.9 Å². The molecule has 5 heteroatoms. The lowest BCUT2D eigenvalue weighted by Crippen LogP contribution is -2.47. The maximum Gasteiger partial charge on any atom is 0.268 e. The third-order valence-electron chi connectivity index (χ3n) is 8.03. The highest BCUT2D eigenvalue weighted by molar-refractivity contribution is 7.90. The SMILES string of the molecule is C=C[C@@]1(C)CC[C@@H]2[C@@H](C1=O)c1cn(S(=O)(=O)c3ccc(C)cc3)c3cccc(c13)C2(C)C. The largest absolute Gasteiger partial charge is 0.298 e. The van der Waals surface area contributed by atoms with Crippen LogP contribution in [0, 0.1) is 18.3 Å². The van der Waals surface area contributed by atoms with Gasteiger partial charge in [0.2, 0.25) is 0 Å². The number of hydrogen-bond acceptors (Lipinski definition) is 3. The number of aryl methyl sites for hydroxylation is 1. The predicted octanol–water partition coefficient (Wildman–Crippen LogP) is 5.73. The van der Waals surface area contributed by atoms with Crippen molar-refractivity contribution in [2.45, 2.75) is 56.8 Å². The quantitative estimate of drug-likeness (QED) is 0.482. The Kier molecular flexibility index (Phi) is 4.42. The molecule has 0 radical (unpaired) electrons. The van der Waals surface area contributed by atoms with Gasteiger partial charge in [-0.15, -0.1) is 6.58 Å². The van der Waals surface area contributed by atoms with E-state index in [0.29, 0.717) is 5.52 Å². The molecule has 2 aliphatic rings. The Hall–Kier alpha value is -2.66. The smallest absolute Gasteiger partial charge is 0.268 e. The van der Waals surface area contributed by atoms with E-state index in [1.165, 1.54) is 3.97 Å². The fraction of sp³-hybridized carbons (Fsp3) is 0.370. The van der Waals surface area contributed by atoms with Gasteiger partial charge < -0.3 is 0 Å². The highest BCUT2D eigenvalue weighted by atomic mass is 32.2. The monoisotopic (exact) mass is 447 g/mol. The highest BCUT2D eigenvalue weighted by Gasteiger charge is 2.53. The zero-order valence-electron chi connectivity index (χ0n) is 19.1. The molecule has 2 aromatic carbocycles. The third kappa shape index (κ3) is 2.67. The number of hydrogen-bond donors (Lipinski definition) is 0. The van der Waals surface area contributed by atoms with Crippen LogP contribution in [-0.4, -0.2) is 18.2 Å². The van der Waals surface area contributed by atoms with E-state index in [2.05, 4.69) is 26.5 Å². The van der Waals surface area contributed by atoms with Gasteiger partial charge in [-0.2, -0.15) is 0 Å². The summed E-state index contributed by atoms with van der Waals surface area (Å²) in [6.07, 6.45) is 5.16. The first kappa shape index (κ1) is 21.2. The number of benzene rings is 2. The van der Waals surface area contributed by atoms with Crippen molar-refractivity contribution in [3.8, 4) is 0 Å². The molecular weight excluding hydrogens is 418 g/mol. The van der Waals surface area contributed by atoms with E-state index < -0.39 is 15.4 Å². The second-order valence-corrected chi connectivity index (χ2v) is 12.0. The summed E-state index contributed by atoms with van der Waals surface area (Å²) in [5, 5.41) is 0.913. The lowest BCUT2D eigenvalue weighted by atomic mass is 9.52. The van der Waals surface area contributed by atoms with Gasteiger partial charge in [-0.25, -0.2) is 12.4 Å². The molecule has 4 nitrogen and oxygen atoms in total. The average Bonchev–Trinajstić information content (AvgIpc) is 3.15. The van der Waals surface area contributed by atoms with E-state index in [1.54, 1.807) is 24.4 Å². The summed E-state index contributed by atoms with van der Waals surface area (Å²) in [6, 6.07) is 12.8. The van der Waals surface area contributed by atoms with Crippen LogP contribution in [0.2, 0.25) is 0 Å². The number of ketones is 1. The summed E-state index contributed by atoms with van der Waals surface area (Å²) < 4.78 is 28.7. The van der Waals surface area contributed by atoms with Crippen molar-refractivity contribution in [3.05, 3.63) is 78.0 Å². The van der Waals surface area contributed by atoms with Crippen molar-refractivity contribution in [3.63, 3.8) is 0 Å². The Balaban J connectivity index is 1.81. The Labute approximate surface area is 190 Å². The van der Waals surface area contributed by atoms with Crippen LogP contribution in [0.3, 0.4) is 0 Å². The fourth-order valence-electron chi connectivity index (χ4n) is 5.90. The van der Waals surface area contributed by atoms with Crippen LogP contribution >= 0.6 is 0 Å². The van der Waals surface area contributed by atoms with Gasteiger partial charge in [0.1, 0.15) is 5.78 Å². The Morgan fingerprint density at radius 2 is 1.78 bits per heavy atom. The minimum Gasteiger partial charge on any atom is -0.298 e. The second kappa shape index (κ2) is 6.67. The van der Waals surface area contributed by atoms with Crippen molar-refractivity contribution >= 4 is 26.7 Å². The van der Waals surface area contributed by atoms with Crippen LogP contribution in [0.4, 0.5) is 0 Å². The summed E-state index contributed by atoms with van der Waals surface area (Å²) >= 11 is 0. The number of aromatic nitrogens is 1. The molecule has 5 rings (SSSR count). The van der Waals surface area contributed by atoms with Gasteiger partial charge in [-0.1, -0.05) is 49.8 Å². The molecule has 0 bridgehead atoms. The van der Waals surface area contributed by atoms with Gasteiger partial charge in [0.25, 0.3) is 10.0 Å². The van der Waals surface area contributed by atoms with Gasteiger partial charge in [0.05, 0.1) is 10.4 Å². The Morgan fingerprint density at radius 3 is 2.44 bits per heavy atom. The minimum atomic E-state index is -3.80. The number of rotatable bonds is 3. The molecule has 3 atom stereocenters. The van der Waals surface area contributed by atoms with Gasteiger partial charge in [-0.3, -0.25) is 4.79 Å². The predicted molar refractivity (Wildman–Crippen MR) is 128 cm³/mol. The van der Waals surface area contributed by atoms with Crippen molar-refractivity contribution < 1.29 is 13.2 Å². The zero-order valence-corrected chi connectivity index (χ0v) is 19.9. The van der Waals surface area contributed by atoms with E-state index in [1.807, 2.05) is 38.1 Å². The standard InChI is InChI=1S/C27H29NO3S/c1-6-27(5)15-14-21-24(25(27)29)19-16-28(32(30,31)18-12-10-17(2)11-13-18)22-9-7-8-20(23(19)22)26(21,3)4/h6-13,16,21,24H,1,14-15H2,2-5H3/t21-,24+,27+/m1/s1. The van der Waals surface area contributed by atoms with E-state index in [-0.39, 0.29) is 27.9 Å². The third-order valence-corrected chi connectivity index (χ3v) is 9.72. The number of fused-ring (bicyclic) bond motifs is 2. The maximum absolute atomic E-state index is 13.8. The van der Waals surface area contributed by atoms with Crippen LogP contribution in [-0.2, 0) is 20.2 Å². The molecule has 0 spiro atoms. The summed E-state index contributed by atoms with van der Waals surface area (Å²) in [4.78, 5) is 14.0. The number of allylic oxidation sites excluding steroid dienone is 1. The Bertz CT molecular complexity index is 1380. The van der Waals surface area contributed by atoms with Crippen LogP contribution in [0.5, 0.6) is 0 Å². The molecule has 3 aromatic rings. The summed E-state index contributed by atoms with van der Waals surface area (Å²) in [6.45, 7) is 12.2. The highest BCUT2D eigenvalue weighted by Crippen LogP contribution is 2.58. The molecule has 0 N–H and O–H groups in total. The zero-order chi connectivity index (χ0) is 23.1. The summed E-state index contributed by atoms with van der Waals surface area (Å²) in [5.41, 5.74) is 2.78. The first-order valence-electron chi connectivity index (χ1n) is 11.2. The molecule has 0 unspecified atom stereocenters. The lowest BCUT2D eigenvalue weighted by molar-refractivity contribution is -0.132. The normalized spacial score (nSPS) is 26.7. The number of nitrogens with zero attached hydrogens (tertiary/aromatic N) is 1. The molecule has 1 heterocycles. The van der Waals surface area contributed by atoms with E-state index in [9.17, 15) is 13.2 Å². The first-order valence-corrected chi connectivity index (χ1v) is 12.6. The average molecular weight is 448 g/mol. The number of carbonyl (C=O) groups is 1. The van der Waals surface area contributed by atoms with Crippen LogP contribution < -0.4 is 0 Å². The topological polar surface area (TPSA) is 56.1 Å². The Morgan fingerprint density at radius 1 is 1.09 bits per heavy atom. The molecule has 0 amide bonds. The number of Topliss-reactive ketones (excluding diaryl/α,β-unsaturated/α-hetero) is 1. The van der Waals surface area contributed by atoms with Crippen LogP contribution in [0.15, 0.2) is 66.2 Å². The molecule has 0 saturated heterocycles. The molecule has 1 fully saturated rings. The molecule has 166 valence electrons. The van der Waals surface area contributed by atoms with Crippen molar-refractivity contribution in [2.24, 2.45) is 11.3 Å². The summed E-state index contributed by atoms with van der Waals surface area (Å²) in [5.74, 6) is -0.0641. The van der Waals surface area contributed by atoms with Crippen molar-refractivity contribution in [2.75, 3.05) is 0 Å². The molecule has 32 heavy (non-hydrogen) atoms. The second-order valence-electron chi connectivity index (χ2n) is 10.2. The van der Waals surface area contributed by atoms with Crippen LogP contribution in [0.25, 0.3) is 10.9 Å². The fourth-order valence-corrected chi connectivity index (χ4v) is 7.27. The van der Waals surface area contributed by atoms with Crippen molar-refractivity contribution in [1.29, 1.82) is 0 Å². The van der Waals surface area contributed by atoms with E-state index in [0.717, 1.165) is 34.9 Å². The lowest BCUT2D eigenvalue weighted by Gasteiger charge is -2.49. The van der Waals surface area contributed by atoms with Crippen molar-refractivity contribution in [1.82, 2.24) is 3.97 Å². The maximum atomic E-state index is 13.8. The van der Waals surface area contributed by atoms with Crippen LogP contribution in [0.1, 0.15) is 56.2 Å². The molecular formula is C27H29NO3S. The first-order chi connectivity index (χ1) is 15.0. The van der Waals surface area contributed by atoms with Gasteiger partial charge in [-0.05, 0) is 67.3 Å². The molecule has 1 saturated carbocycles. The van der Waals surface area contributed by atoms with E-state index in [4.69, 9.17) is 0 Å². The molecule has 0 aliphatic heterocycles. The number of carbonyl (C=O) groups excluding carboxylic acids is 1. The molecule has 1 aromatic heterocycles. The minimum absolute atomic E-state index is 0.124. The summed E-state index contributed by atoms with van der Waals surface area (Å²) in [7, 11) is -3.80. The van der Waals surface area contributed by atoms with Gasteiger partial charge >= 0.3 is 0 Å². The van der Waals surface area contributed by atoms with E-state index >= 15 is 0 Å². The van der Waals surface area contributed by atoms with Gasteiger partial charge in [0.15, 0.2) is 0 Å².